The van der Waals surface area contributed by atoms with Crippen LogP contribution in [0.25, 0.3) is 0 Å². The highest BCUT2D eigenvalue weighted by atomic mass is 16.3. The summed E-state index contributed by atoms with van der Waals surface area (Å²) in [5, 5.41) is 8.79. The van der Waals surface area contributed by atoms with Gasteiger partial charge in [-0.3, -0.25) is 4.90 Å². The Labute approximate surface area is 73.3 Å². The predicted molar refractivity (Wildman–Crippen MR) is 47.8 cm³/mol. The van der Waals surface area contributed by atoms with Gasteiger partial charge in [0.05, 0.1) is 6.61 Å². The highest BCUT2D eigenvalue weighted by Gasteiger charge is 2.25. The van der Waals surface area contributed by atoms with Gasteiger partial charge in [0, 0.05) is 32.2 Å². The highest BCUT2D eigenvalue weighted by molar-refractivity contribution is 5.01. The molecule has 0 aromatic heterocycles. The fraction of sp³-hybridized carbons (Fsp3) is 0.778. The van der Waals surface area contributed by atoms with Crippen molar-refractivity contribution in [3.8, 4) is 0 Å². The zero-order valence-electron chi connectivity index (χ0n) is 7.32. The molecule has 68 valence electrons. The van der Waals surface area contributed by atoms with Gasteiger partial charge in [0.25, 0.3) is 0 Å². The Kier molecular flexibility index (Phi) is 2.33. The van der Waals surface area contributed by atoms with E-state index in [0.717, 1.165) is 26.2 Å². The molecule has 0 aromatic rings. The van der Waals surface area contributed by atoms with Gasteiger partial charge < -0.3 is 10.0 Å². The molecular weight excluding hydrogens is 152 g/mol. The van der Waals surface area contributed by atoms with E-state index in [1.54, 1.807) is 0 Å². The van der Waals surface area contributed by atoms with Crippen molar-refractivity contribution in [2.45, 2.75) is 12.5 Å². The number of hydrogen-bond donors (Lipinski definition) is 1. The molecule has 0 unspecified atom stereocenters. The Morgan fingerprint density at radius 1 is 1.42 bits per heavy atom. The molecule has 0 saturated carbocycles. The second-order valence-corrected chi connectivity index (χ2v) is 3.54. The third kappa shape index (κ3) is 1.47. The number of piperazine rings is 1. The van der Waals surface area contributed by atoms with E-state index in [4.69, 9.17) is 5.11 Å². The average molecular weight is 168 g/mol. The monoisotopic (exact) mass is 168 g/mol. The SMILES string of the molecule is OCCN1CCN2C=CC[C@@H]2C1. The summed E-state index contributed by atoms with van der Waals surface area (Å²) in [4.78, 5) is 4.75. The molecule has 0 aromatic carbocycles. The van der Waals surface area contributed by atoms with Crippen LogP contribution >= 0.6 is 0 Å². The van der Waals surface area contributed by atoms with Crippen LogP contribution in [0.3, 0.4) is 0 Å². The zero-order chi connectivity index (χ0) is 8.39. The molecule has 2 aliphatic rings. The van der Waals surface area contributed by atoms with E-state index in [1.165, 1.54) is 6.42 Å². The van der Waals surface area contributed by atoms with Crippen LogP contribution in [0.4, 0.5) is 0 Å². The minimum atomic E-state index is 0.292. The summed E-state index contributed by atoms with van der Waals surface area (Å²) in [5.74, 6) is 0. The van der Waals surface area contributed by atoms with Crippen LogP contribution in [0.1, 0.15) is 6.42 Å². The fourth-order valence-corrected chi connectivity index (χ4v) is 2.04. The number of rotatable bonds is 2. The first-order chi connectivity index (χ1) is 5.90. The maximum absolute atomic E-state index is 8.79. The summed E-state index contributed by atoms with van der Waals surface area (Å²) >= 11 is 0. The van der Waals surface area contributed by atoms with Crippen molar-refractivity contribution < 1.29 is 5.11 Å². The summed E-state index contributed by atoms with van der Waals surface area (Å²) in [6, 6.07) is 0.685. The number of nitrogens with zero attached hydrogens (tertiary/aromatic N) is 2. The first-order valence-electron chi connectivity index (χ1n) is 4.66. The molecular formula is C9H16N2O. The zero-order valence-corrected chi connectivity index (χ0v) is 7.32. The van der Waals surface area contributed by atoms with E-state index in [-0.39, 0.29) is 0 Å². The van der Waals surface area contributed by atoms with Crippen molar-refractivity contribution >= 4 is 0 Å². The third-order valence-corrected chi connectivity index (χ3v) is 2.73. The van der Waals surface area contributed by atoms with Crippen LogP contribution in [-0.4, -0.2) is 53.7 Å². The molecule has 1 atom stereocenters. The fourth-order valence-electron chi connectivity index (χ4n) is 2.04. The Hall–Kier alpha value is -0.540. The van der Waals surface area contributed by atoms with E-state index < -0.39 is 0 Å². The Morgan fingerprint density at radius 3 is 3.17 bits per heavy atom. The molecule has 0 bridgehead atoms. The quantitative estimate of drug-likeness (QED) is 0.623. The molecule has 0 amide bonds. The predicted octanol–water partition coefficient (Wildman–Crippen LogP) is -0.118. The van der Waals surface area contributed by atoms with Crippen molar-refractivity contribution in [1.29, 1.82) is 0 Å². The van der Waals surface area contributed by atoms with Crippen LogP contribution in [0, 0.1) is 0 Å². The van der Waals surface area contributed by atoms with E-state index in [1.807, 2.05) is 0 Å². The highest BCUT2D eigenvalue weighted by Crippen LogP contribution is 2.18. The van der Waals surface area contributed by atoms with E-state index in [0.29, 0.717) is 12.6 Å². The number of hydrogen-bond acceptors (Lipinski definition) is 3. The summed E-state index contributed by atoms with van der Waals surface area (Å²) < 4.78 is 0. The van der Waals surface area contributed by atoms with Crippen molar-refractivity contribution in [2.24, 2.45) is 0 Å². The van der Waals surface area contributed by atoms with Crippen molar-refractivity contribution in [2.75, 3.05) is 32.8 Å². The second kappa shape index (κ2) is 3.46. The molecule has 3 heteroatoms. The van der Waals surface area contributed by atoms with Gasteiger partial charge in [0.15, 0.2) is 0 Å². The smallest absolute Gasteiger partial charge is 0.0558 e. The molecule has 2 rings (SSSR count). The Balaban J connectivity index is 1.86. The van der Waals surface area contributed by atoms with Gasteiger partial charge in [0.2, 0.25) is 0 Å². The van der Waals surface area contributed by atoms with Crippen molar-refractivity contribution in [3.05, 3.63) is 12.3 Å². The lowest BCUT2D eigenvalue weighted by Gasteiger charge is -2.37. The lowest BCUT2D eigenvalue weighted by molar-refractivity contribution is 0.103. The summed E-state index contributed by atoms with van der Waals surface area (Å²) in [7, 11) is 0. The molecule has 0 aliphatic carbocycles. The van der Waals surface area contributed by atoms with Gasteiger partial charge >= 0.3 is 0 Å². The lowest BCUT2D eigenvalue weighted by atomic mass is 10.1. The van der Waals surface area contributed by atoms with Gasteiger partial charge in [0.1, 0.15) is 0 Å². The second-order valence-electron chi connectivity index (χ2n) is 3.54. The molecule has 0 spiro atoms. The minimum absolute atomic E-state index is 0.292. The Bertz CT molecular complexity index is 181. The van der Waals surface area contributed by atoms with Gasteiger partial charge in [-0.2, -0.15) is 0 Å². The van der Waals surface area contributed by atoms with E-state index in [2.05, 4.69) is 22.1 Å². The maximum atomic E-state index is 8.79. The van der Waals surface area contributed by atoms with E-state index >= 15 is 0 Å². The Morgan fingerprint density at radius 2 is 2.33 bits per heavy atom. The summed E-state index contributed by atoms with van der Waals surface area (Å²) in [6.07, 6.45) is 5.63. The van der Waals surface area contributed by atoms with Crippen LogP contribution < -0.4 is 0 Å². The van der Waals surface area contributed by atoms with Gasteiger partial charge in [-0.25, -0.2) is 0 Å². The van der Waals surface area contributed by atoms with E-state index in [9.17, 15) is 0 Å². The first-order valence-corrected chi connectivity index (χ1v) is 4.66. The number of aliphatic hydroxyl groups excluding tert-OH is 1. The number of aliphatic hydroxyl groups is 1. The molecule has 1 fully saturated rings. The van der Waals surface area contributed by atoms with Gasteiger partial charge in [-0.05, 0) is 12.6 Å². The standard InChI is InChI=1S/C9H16N2O/c12-7-6-10-4-5-11-3-1-2-9(11)8-10/h1,3,9,12H,2,4-8H2/t9-/m1/s1. The molecule has 1 N–H and O–H groups in total. The molecule has 2 heterocycles. The molecule has 2 aliphatic heterocycles. The molecule has 1 saturated heterocycles. The topological polar surface area (TPSA) is 26.7 Å². The third-order valence-electron chi connectivity index (χ3n) is 2.73. The van der Waals surface area contributed by atoms with Crippen LogP contribution in [0.15, 0.2) is 12.3 Å². The van der Waals surface area contributed by atoms with Crippen LogP contribution in [0.2, 0.25) is 0 Å². The lowest BCUT2D eigenvalue weighted by Crippen LogP contribution is -2.49. The largest absolute Gasteiger partial charge is 0.395 e. The average Bonchev–Trinajstić information content (AvgIpc) is 2.51. The number of fused-ring (bicyclic) bond motifs is 1. The first kappa shape index (κ1) is 8.08. The van der Waals surface area contributed by atoms with Crippen LogP contribution in [-0.2, 0) is 0 Å². The molecule has 12 heavy (non-hydrogen) atoms. The van der Waals surface area contributed by atoms with Gasteiger partial charge in [-0.15, -0.1) is 0 Å². The molecule has 0 radical (unpaired) electrons. The maximum Gasteiger partial charge on any atom is 0.0558 e. The minimum Gasteiger partial charge on any atom is -0.395 e. The van der Waals surface area contributed by atoms with Crippen molar-refractivity contribution in [1.82, 2.24) is 9.80 Å². The van der Waals surface area contributed by atoms with Crippen molar-refractivity contribution in [3.63, 3.8) is 0 Å². The molecule has 3 nitrogen and oxygen atoms in total. The van der Waals surface area contributed by atoms with Gasteiger partial charge in [-0.1, -0.05) is 6.08 Å². The normalized spacial score (nSPS) is 29.4. The number of β-amino-alcohol motifs (C(OH)–C–C–N with tert-alkyl or cyclic N) is 1. The summed E-state index contributed by atoms with van der Waals surface area (Å²) in [6.45, 7) is 4.47. The summed E-state index contributed by atoms with van der Waals surface area (Å²) in [5.41, 5.74) is 0. The van der Waals surface area contributed by atoms with Crippen LogP contribution in [0.5, 0.6) is 0 Å².